The predicted molar refractivity (Wildman–Crippen MR) is 130 cm³/mol. The van der Waals surface area contributed by atoms with E-state index in [2.05, 4.69) is 10.2 Å². The van der Waals surface area contributed by atoms with E-state index in [9.17, 15) is 9.18 Å². The Bertz CT molecular complexity index is 1250. The number of aromatic nitrogens is 3. The van der Waals surface area contributed by atoms with Gasteiger partial charge in [-0.05, 0) is 55.5 Å². The molecule has 3 heterocycles. The fraction of sp³-hybridized carbons (Fsp3) is 0.423. The number of halogens is 1. The molecule has 2 aromatic carbocycles. The number of benzene rings is 2. The molecule has 1 aromatic heterocycles. The van der Waals surface area contributed by atoms with Gasteiger partial charge in [0.2, 0.25) is 5.91 Å². The smallest absolute Gasteiger partial charge is 0.233 e. The molecule has 1 saturated heterocycles. The number of rotatable bonds is 6. The van der Waals surface area contributed by atoms with Gasteiger partial charge in [-0.15, -0.1) is 10.2 Å². The van der Waals surface area contributed by atoms with E-state index >= 15 is 0 Å². The molecule has 0 bridgehead atoms. The zero-order valence-electron chi connectivity index (χ0n) is 19.4. The summed E-state index contributed by atoms with van der Waals surface area (Å²) >= 11 is 1.39. The number of thioether (sulfide) groups is 1. The molecule has 182 valence electrons. The first-order chi connectivity index (χ1) is 17.2. The van der Waals surface area contributed by atoms with Gasteiger partial charge in [-0.2, -0.15) is 0 Å². The molecule has 6 rings (SSSR count). The van der Waals surface area contributed by atoms with Gasteiger partial charge >= 0.3 is 0 Å². The third-order valence-corrected chi connectivity index (χ3v) is 7.67. The Morgan fingerprint density at radius 1 is 1.03 bits per heavy atom. The summed E-state index contributed by atoms with van der Waals surface area (Å²) in [6.45, 7) is 2.02. The predicted octanol–water partition coefficient (Wildman–Crippen LogP) is 5.04. The Balaban J connectivity index is 1.18. The van der Waals surface area contributed by atoms with E-state index in [1.807, 2.05) is 27.7 Å². The summed E-state index contributed by atoms with van der Waals surface area (Å²) in [5, 5.41) is 9.30. The van der Waals surface area contributed by atoms with Gasteiger partial charge in [0.15, 0.2) is 22.5 Å². The van der Waals surface area contributed by atoms with Crippen molar-refractivity contribution in [2.75, 3.05) is 25.5 Å². The Hall–Kier alpha value is -3.07. The lowest BCUT2D eigenvalue weighted by molar-refractivity contribution is -0.129. The molecule has 2 aliphatic heterocycles. The van der Waals surface area contributed by atoms with E-state index in [1.54, 1.807) is 18.2 Å². The van der Waals surface area contributed by atoms with Crippen LogP contribution in [0.15, 0.2) is 47.6 Å². The van der Waals surface area contributed by atoms with Crippen molar-refractivity contribution in [2.45, 2.75) is 49.3 Å². The van der Waals surface area contributed by atoms with E-state index in [1.165, 1.54) is 17.8 Å². The molecule has 1 amide bonds. The molecule has 1 atom stereocenters. The largest absolute Gasteiger partial charge is 0.490 e. The van der Waals surface area contributed by atoms with Gasteiger partial charge in [0, 0.05) is 19.0 Å². The fourth-order valence-electron chi connectivity index (χ4n) is 4.87. The van der Waals surface area contributed by atoms with Crippen molar-refractivity contribution in [3.63, 3.8) is 0 Å². The number of hydrogen-bond acceptors (Lipinski definition) is 6. The van der Waals surface area contributed by atoms with Crippen LogP contribution in [-0.4, -0.2) is 51.1 Å². The van der Waals surface area contributed by atoms with Crippen LogP contribution in [0.4, 0.5) is 4.39 Å². The number of nitrogens with zero attached hydrogens (tertiary/aromatic N) is 4. The summed E-state index contributed by atoms with van der Waals surface area (Å²) in [5.74, 6) is 2.08. The standard InChI is InChI=1S/C26H27FN4O3S/c27-20-6-2-1-5-19(20)25-28-29-26(31(25)18-9-10-18)35-16-24(32)30-12-3-7-21(30)17-8-11-22-23(15-17)34-14-4-13-33-22/h1-2,5-6,8,11,15,18,21H,3-4,7,9-10,12-14,16H2/t21-/m0/s1. The molecular weight excluding hydrogens is 467 g/mol. The highest BCUT2D eigenvalue weighted by Gasteiger charge is 2.33. The fourth-order valence-corrected chi connectivity index (χ4v) is 5.76. The van der Waals surface area contributed by atoms with Crippen molar-refractivity contribution in [2.24, 2.45) is 0 Å². The normalized spacial score (nSPS) is 19.6. The van der Waals surface area contributed by atoms with Crippen LogP contribution in [0, 0.1) is 5.82 Å². The average molecular weight is 495 g/mol. The monoisotopic (exact) mass is 494 g/mol. The van der Waals surface area contributed by atoms with Gasteiger partial charge in [-0.1, -0.05) is 30.0 Å². The summed E-state index contributed by atoms with van der Waals surface area (Å²) in [6, 6.07) is 12.9. The first-order valence-electron chi connectivity index (χ1n) is 12.2. The van der Waals surface area contributed by atoms with Crippen LogP contribution in [0.5, 0.6) is 11.5 Å². The molecule has 3 aromatic rings. The topological polar surface area (TPSA) is 69.5 Å². The third-order valence-electron chi connectivity index (χ3n) is 6.75. The summed E-state index contributed by atoms with van der Waals surface area (Å²) in [4.78, 5) is 15.3. The highest BCUT2D eigenvalue weighted by atomic mass is 32.2. The highest BCUT2D eigenvalue weighted by molar-refractivity contribution is 7.99. The van der Waals surface area contributed by atoms with E-state index < -0.39 is 0 Å². The molecule has 0 radical (unpaired) electrons. The zero-order valence-corrected chi connectivity index (χ0v) is 20.2. The van der Waals surface area contributed by atoms with Crippen LogP contribution < -0.4 is 9.47 Å². The zero-order chi connectivity index (χ0) is 23.8. The molecule has 0 unspecified atom stereocenters. The summed E-state index contributed by atoms with van der Waals surface area (Å²) in [6.07, 6.45) is 4.77. The number of amides is 1. The number of ether oxygens (including phenoxy) is 2. The molecule has 0 N–H and O–H groups in total. The second-order valence-corrected chi connectivity index (χ2v) is 10.1. The lowest BCUT2D eigenvalue weighted by atomic mass is 10.0. The molecule has 0 spiro atoms. The second-order valence-electron chi connectivity index (χ2n) is 9.18. The van der Waals surface area contributed by atoms with Gasteiger partial charge in [0.25, 0.3) is 0 Å². The minimum absolute atomic E-state index is 0.0236. The van der Waals surface area contributed by atoms with Crippen molar-refractivity contribution in [3.8, 4) is 22.9 Å². The molecule has 1 saturated carbocycles. The Kier molecular flexibility index (Phi) is 6.10. The van der Waals surface area contributed by atoms with Gasteiger partial charge in [-0.3, -0.25) is 9.36 Å². The maximum absolute atomic E-state index is 14.4. The average Bonchev–Trinajstić information content (AvgIpc) is 3.51. The van der Waals surface area contributed by atoms with Crippen LogP contribution in [0.1, 0.15) is 49.8 Å². The van der Waals surface area contributed by atoms with Crippen LogP contribution >= 0.6 is 11.8 Å². The van der Waals surface area contributed by atoms with Gasteiger partial charge in [0.1, 0.15) is 5.82 Å². The number of hydrogen-bond donors (Lipinski definition) is 0. The molecular formula is C26H27FN4O3S. The first-order valence-corrected chi connectivity index (χ1v) is 13.2. The number of fused-ring (bicyclic) bond motifs is 1. The van der Waals surface area contributed by atoms with Gasteiger partial charge in [0.05, 0.1) is 30.6 Å². The number of carbonyl (C=O) groups is 1. The van der Waals surface area contributed by atoms with E-state index in [0.717, 1.165) is 55.7 Å². The highest BCUT2D eigenvalue weighted by Crippen LogP contribution is 2.42. The minimum atomic E-state index is -0.315. The van der Waals surface area contributed by atoms with Crippen LogP contribution in [-0.2, 0) is 4.79 Å². The minimum Gasteiger partial charge on any atom is -0.490 e. The van der Waals surface area contributed by atoms with Crippen molar-refractivity contribution >= 4 is 17.7 Å². The van der Waals surface area contributed by atoms with Gasteiger partial charge in [-0.25, -0.2) is 4.39 Å². The second kappa shape index (κ2) is 9.53. The van der Waals surface area contributed by atoms with Crippen LogP contribution in [0.3, 0.4) is 0 Å². The SMILES string of the molecule is O=C(CSc1nnc(-c2ccccc2F)n1C1CC1)N1CCC[C@H]1c1ccc2c(c1)OCCCO2. The van der Waals surface area contributed by atoms with Crippen molar-refractivity contribution in [1.29, 1.82) is 0 Å². The van der Waals surface area contributed by atoms with E-state index in [4.69, 9.17) is 9.47 Å². The first kappa shape index (κ1) is 22.4. The van der Waals surface area contributed by atoms with Crippen LogP contribution in [0.2, 0.25) is 0 Å². The van der Waals surface area contributed by atoms with Gasteiger partial charge < -0.3 is 14.4 Å². The molecule has 7 nitrogen and oxygen atoms in total. The van der Waals surface area contributed by atoms with Crippen molar-refractivity contribution < 1.29 is 18.7 Å². The third kappa shape index (κ3) is 4.49. The van der Waals surface area contributed by atoms with Crippen molar-refractivity contribution in [3.05, 3.63) is 53.8 Å². The number of carbonyl (C=O) groups excluding carboxylic acids is 1. The summed E-state index contributed by atoms with van der Waals surface area (Å²) in [5.41, 5.74) is 1.52. The van der Waals surface area contributed by atoms with Crippen molar-refractivity contribution in [1.82, 2.24) is 19.7 Å². The lowest BCUT2D eigenvalue weighted by Gasteiger charge is -2.25. The molecule has 1 aliphatic carbocycles. The Morgan fingerprint density at radius 2 is 1.86 bits per heavy atom. The molecule has 2 fully saturated rings. The Labute approximate surface area is 207 Å². The summed E-state index contributed by atoms with van der Waals surface area (Å²) in [7, 11) is 0. The van der Waals surface area contributed by atoms with E-state index in [-0.39, 0.29) is 29.6 Å². The number of likely N-dealkylation sites (tertiary alicyclic amines) is 1. The van der Waals surface area contributed by atoms with E-state index in [0.29, 0.717) is 29.8 Å². The van der Waals surface area contributed by atoms with Crippen LogP contribution in [0.25, 0.3) is 11.4 Å². The quantitative estimate of drug-likeness (QED) is 0.448. The lowest BCUT2D eigenvalue weighted by Crippen LogP contribution is -2.32. The Morgan fingerprint density at radius 3 is 2.69 bits per heavy atom. The maximum Gasteiger partial charge on any atom is 0.233 e. The maximum atomic E-state index is 14.4. The summed E-state index contributed by atoms with van der Waals surface area (Å²) < 4.78 is 28.1. The molecule has 35 heavy (non-hydrogen) atoms. The molecule has 3 aliphatic rings. The molecule has 9 heteroatoms.